The quantitative estimate of drug-likeness (QED) is 0.632. The maximum atomic E-state index is 13.4. The van der Waals surface area contributed by atoms with Crippen LogP contribution in [0.5, 0.6) is 0 Å². The molecule has 0 bridgehead atoms. The molecule has 32 heavy (non-hydrogen) atoms. The van der Waals surface area contributed by atoms with E-state index in [4.69, 9.17) is 0 Å². The van der Waals surface area contributed by atoms with Crippen LogP contribution >= 0.6 is 11.8 Å². The first-order chi connectivity index (χ1) is 15.3. The van der Waals surface area contributed by atoms with Gasteiger partial charge in [-0.05, 0) is 42.7 Å². The zero-order chi connectivity index (χ0) is 22.8. The van der Waals surface area contributed by atoms with Crippen molar-refractivity contribution in [2.24, 2.45) is 0 Å². The Hall–Kier alpha value is -3.20. The van der Waals surface area contributed by atoms with E-state index in [9.17, 15) is 14.0 Å². The van der Waals surface area contributed by atoms with Gasteiger partial charge in [0.05, 0.1) is 11.6 Å². The van der Waals surface area contributed by atoms with Gasteiger partial charge in [-0.1, -0.05) is 38.1 Å². The number of benzene rings is 2. The molecule has 0 saturated carbocycles. The van der Waals surface area contributed by atoms with Crippen LogP contribution in [-0.2, 0) is 4.79 Å². The third-order valence-electron chi connectivity index (χ3n) is 5.29. The number of nitrogens with zero attached hydrogens (tertiary/aromatic N) is 4. The Morgan fingerprint density at radius 3 is 2.72 bits per heavy atom. The van der Waals surface area contributed by atoms with Gasteiger partial charge in [-0.3, -0.25) is 9.59 Å². The van der Waals surface area contributed by atoms with Crippen molar-refractivity contribution in [1.29, 1.82) is 0 Å². The van der Waals surface area contributed by atoms with E-state index in [2.05, 4.69) is 29.2 Å². The molecule has 2 heterocycles. The highest BCUT2D eigenvalue weighted by Gasteiger charge is 2.37. The van der Waals surface area contributed by atoms with Crippen molar-refractivity contribution in [2.75, 3.05) is 16.9 Å². The van der Waals surface area contributed by atoms with Crippen LogP contribution in [0.25, 0.3) is 5.69 Å². The molecule has 166 valence electrons. The van der Waals surface area contributed by atoms with Gasteiger partial charge >= 0.3 is 0 Å². The molecule has 9 heteroatoms. The number of nitrogens with one attached hydrogen (secondary N) is 1. The number of carbonyl (C=O) groups is 2. The molecule has 0 aliphatic carbocycles. The Balaban J connectivity index is 1.57. The number of aromatic nitrogens is 3. The van der Waals surface area contributed by atoms with E-state index in [0.717, 1.165) is 11.3 Å². The second-order valence-electron chi connectivity index (χ2n) is 7.90. The Kier molecular flexibility index (Phi) is 6.27. The van der Waals surface area contributed by atoms with E-state index in [1.54, 1.807) is 17.7 Å². The van der Waals surface area contributed by atoms with Gasteiger partial charge in [-0.25, -0.2) is 14.1 Å². The molecule has 1 N–H and O–H groups in total. The topological polar surface area (TPSA) is 80.1 Å². The summed E-state index contributed by atoms with van der Waals surface area (Å²) in [6.45, 7) is 5.99. The number of anilines is 1. The minimum absolute atomic E-state index is 0.0483. The van der Waals surface area contributed by atoms with Crippen LogP contribution in [0.4, 0.5) is 10.1 Å². The second kappa shape index (κ2) is 9.12. The Bertz CT molecular complexity index is 1160. The number of aryl methyl sites for hydroxylation is 1. The molecule has 1 fully saturated rings. The average Bonchev–Trinajstić information content (AvgIpc) is 3.40. The van der Waals surface area contributed by atoms with Crippen molar-refractivity contribution < 1.29 is 14.0 Å². The van der Waals surface area contributed by atoms with E-state index < -0.39 is 17.8 Å². The van der Waals surface area contributed by atoms with Gasteiger partial charge in [0, 0.05) is 11.4 Å². The monoisotopic (exact) mass is 453 g/mol. The fraction of sp³-hybridized carbons (Fsp3) is 0.304. The lowest BCUT2D eigenvalue weighted by Crippen LogP contribution is -2.44. The fourth-order valence-electron chi connectivity index (χ4n) is 3.66. The molecule has 1 aliphatic rings. The molecule has 2 aromatic carbocycles. The largest absolute Gasteiger partial charge is 0.324 e. The number of halogens is 1. The maximum absolute atomic E-state index is 13.4. The first-order valence-corrected chi connectivity index (χ1v) is 11.5. The van der Waals surface area contributed by atoms with Gasteiger partial charge in [0.1, 0.15) is 17.7 Å². The standard InChI is InChI=1S/C23H24FN5O2S/c1-14(2)18-9-4-5-10-19(18)29-15(3)25-21(27-29)23(31)28-13-32-12-20(28)22(30)26-17-8-6-7-16(24)11-17/h4-11,14,20H,12-13H2,1-3H3,(H,26,30). The minimum atomic E-state index is -0.689. The first-order valence-electron chi connectivity index (χ1n) is 10.3. The van der Waals surface area contributed by atoms with Crippen LogP contribution in [0.2, 0.25) is 0 Å². The lowest BCUT2D eigenvalue weighted by molar-refractivity contribution is -0.119. The predicted molar refractivity (Wildman–Crippen MR) is 122 cm³/mol. The highest BCUT2D eigenvalue weighted by molar-refractivity contribution is 7.99. The molecule has 1 aromatic heterocycles. The van der Waals surface area contributed by atoms with Crippen LogP contribution in [0.1, 0.15) is 41.8 Å². The highest BCUT2D eigenvalue weighted by Crippen LogP contribution is 2.26. The maximum Gasteiger partial charge on any atom is 0.294 e. The van der Waals surface area contributed by atoms with Crippen molar-refractivity contribution in [3.63, 3.8) is 0 Å². The molecule has 1 aliphatic heterocycles. The first kappa shape index (κ1) is 22.0. The molecule has 1 atom stereocenters. The number of hydrogen-bond donors (Lipinski definition) is 1. The molecule has 0 spiro atoms. The third-order valence-corrected chi connectivity index (χ3v) is 6.30. The zero-order valence-electron chi connectivity index (χ0n) is 18.1. The van der Waals surface area contributed by atoms with Gasteiger partial charge in [-0.15, -0.1) is 16.9 Å². The summed E-state index contributed by atoms with van der Waals surface area (Å²) < 4.78 is 15.1. The molecular formula is C23H24FN5O2S. The third kappa shape index (κ3) is 4.38. The zero-order valence-corrected chi connectivity index (χ0v) is 18.9. The van der Waals surface area contributed by atoms with Crippen LogP contribution < -0.4 is 5.32 Å². The van der Waals surface area contributed by atoms with Crippen LogP contribution in [0.15, 0.2) is 48.5 Å². The summed E-state index contributed by atoms with van der Waals surface area (Å²) in [6, 6.07) is 12.9. The van der Waals surface area contributed by atoms with E-state index >= 15 is 0 Å². The summed E-state index contributed by atoms with van der Waals surface area (Å²) in [5, 5.41) is 7.17. The summed E-state index contributed by atoms with van der Waals surface area (Å²) in [6.07, 6.45) is 0. The van der Waals surface area contributed by atoms with Crippen molar-refractivity contribution in [1.82, 2.24) is 19.7 Å². The summed E-state index contributed by atoms with van der Waals surface area (Å²) in [5.41, 5.74) is 2.33. The van der Waals surface area contributed by atoms with Crippen molar-refractivity contribution in [2.45, 2.75) is 32.7 Å². The lowest BCUT2D eigenvalue weighted by Gasteiger charge is -2.21. The second-order valence-corrected chi connectivity index (χ2v) is 8.90. The number of thioether (sulfide) groups is 1. The Morgan fingerprint density at radius 2 is 1.97 bits per heavy atom. The molecular weight excluding hydrogens is 429 g/mol. The van der Waals surface area contributed by atoms with Gasteiger partial charge in [0.15, 0.2) is 0 Å². The van der Waals surface area contributed by atoms with Crippen molar-refractivity contribution in [3.05, 3.63) is 71.6 Å². The summed E-state index contributed by atoms with van der Waals surface area (Å²) in [7, 11) is 0. The van der Waals surface area contributed by atoms with Crippen molar-refractivity contribution in [3.8, 4) is 5.69 Å². The van der Waals surface area contributed by atoms with E-state index in [1.165, 1.54) is 34.9 Å². The molecule has 1 saturated heterocycles. The molecule has 4 rings (SSSR count). The average molecular weight is 454 g/mol. The van der Waals surface area contributed by atoms with Crippen LogP contribution in [0.3, 0.4) is 0 Å². The number of amides is 2. The van der Waals surface area contributed by atoms with E-state index in [0.29, 0.717) is 23.1 Å². The Morgan fingerprint density at radius 1 is 1.19 bits per heavy atom. The number of para-hydroxylation sites is 1. The fourth-order valence-corrected chi connectivity index (χ4v) is 4.81. The summed E-state index contributed by atoms with van der Waals surface area (Å²) >= 11 is 1.48. The predicted octanol–water partition coefficient (Wildman–Crippen LogP) is 3.99. The minimum Gasteiger partial charge on any atom is -0.324 e. The molecule has 2 amide bonds. The molecule has 7 nitrogen and oxygen atoms in total. The molecule has 0 radical (unpaired) electrons. The number of carbonyl (C=O) groups excluding carboxylic acids is 2. The number of hydrogen-bond acceptors (Lipinski definition) is 5. The van der Waals surface area contributed by atoms with E-state index in [-0.39, 0.29) is 17.6 Å². The number of rotatable bonds is 5. The highest BCUT2D eigenvalue weighted by atomic mass is 32.2. The van der Waals surface area contributed by atoms with Gasteiger partial charge in [-0.2, -0.15) is 0 Å². The van der Waals surface area contributed by atoms with Crippen LogP contribution in [0, 0.1) is 12.7 Å². The normalized spacial score (nSPS) is 15.9. The van der Waals surface area contributed by atoms with Gasteiger partial charge in [0.25, 0.3) is 5.91 Å². The molecule has 3 aromatic rings. The smallest absolute Gasteiger partial charge is 0.294 e. The SMILES string of the molecule is Cc1nc(C(=O)N2CSCC2C(=O)Nc2cccc(F)c2)nn1-c1ccccc1C(C)C. The lowest BCUT2D eigenvalue weighted by atomic mass is 10.0. The summed E-state index contributed by atoms with van der Waals surface area (Å²) in [5.74, 6) is 0.511. The van der Waals surface area contributed by atoms with E-state index in [1.807, 2.05) is 24.3 Å². The van der Waals surface area contributed by atoms with Gasteiger partial charge in [0.2, 0.25) is 11.7 Å². The van der Waals surface area contributed by atoms with Gasteiger partial charge < -0.3 is 10.2 Å². The summed E-state index contributed by atoms with van der Waals surface area (Å²) in [4.78, 5) is 31.9. The molecule has 1 unspecified atom stereocenters. The Labute approximate surface area is 190 Å². The van der Waals surface area contributed by atoms with Crippen LogP contribution in [-0.4, -0.2) is 49.2 Å². The van der Waals surface area contributed by atoms with Crippen molar-refractivity contribution >= 4 is 29.3 Å².